The molecule has 2 aromatic heterocycles. The average molecular weight is 388 g/mol. The normalized spacial score (nSPS) is 27.8. The minimum Gasteiger partial charge on any atom is -0.339 e. The van der Waals surface area contributed by atoms with Gasteiger partial charge in [-0.15, -0.1) is 11.3 Å². The highest BCUT2D eigenvalue weighted by Gasteiger charge is 2.54. The number of carbonyl (C=O) groups is 1. The first kappa shape index (κ1) is 17.3. The van der Waals surface area contributed by atoms with E-state index in [4.69, 9.17) is 9.51 Å². The Labute approximate surface area is 162 Å². The summed E-state index contributed by atoms with van der Waals surface area (Å²) in [5.74, 6) is 3.02. The number of thiazole rings is 1. The van der Waals surface area contributed by atoms with Gasteiger partial charge in [-0.1, -0.05) is 11.6 Å². The summed E-state index contributed by atoms with van der Waals surface area (Å²) >= 11 is 1.48. The Kier molecular flexibility index (Phi) is 4.27. The molecule has 144 valence electrons. The molecule has 3 heterocycles. The smallest absolute Gasteiger partial charge is 0.242 e. The van der Waals surface area contributed by atoms with Gasteiger partial charge in [0.1, 0.15) is 0 Å². The first-order valence-corrected chi connectivity index (χ1v) is 10.7. The molecule has 2 saturated carbocycles. The van der Waals surface area contributed by atoms with Crippen LogP contribution in [0.4, 0.5) is 5.13 Å². The lowest BCUT2D eigenvalue weighted by molar-refractivity contribution is -0.119. The van der Waals surface area contributed by atoms with Gasteiger partial charge >= 0.3 is 0 Å². The van der Waals surface area contributed by atoms with Crippen molar-refractivity contribution in [3.8, 4) is 0 Å². The molecule has 1 aliphatic heterocycles. The van der Waals surface area contributed by atoms with Crippen LogP contribution in [-0.4, -0.2) is 52.6 Å². The maximum atomic E-state index is 12.7. The van der Waals surface area contributed by atoms with E-state index in [2.05, 4.69) is 15.0 Å². The van der Waals surface area contributed by atoms with Gasteiger partial charge < -0.3 is 4.52 Å². The second-order valence-electron chi connectivity index (χ2n) is 8.35. The Morgan fingerprint density at radius 3 is 3.11 bits per heavy atom. The van der Waals surface area contributed by atoms with Crippen molar-refractivity contribution in [2.45, 2.75) is 43.9 Å². The third-order valence-electron chi connectivity index (χ3n) is 6.44. The molecule has 27 heavy (non-hydrogen) atoms. The highest BCUT2D eigenvalue weighted by molar-refractivity contribution is 7.13. The zero-order valence-corrected chi connectivity index (χ0v) is 16.5. The zero-order chi connectivity index (χ0) is 18.4. The molecule has 2 aromatic rings. The Morgan fingerprint density at radius 1 is 1.44 bits per heavy atom. The Hall–Kier alpha value is -1.80. The molecule has 3 aliphatic rings. The minimum absolute atomic E-state index is 0.0607. The van der Waals surface area contributed by atoms with Gasteiger partial charge in [-0.25, -0.2) is 4.98 Å². The number of aromatic nitrogens is 3. The summed E-state index contributed by atoms with van der Waals surface area (Å²) in [5, 5.41) is 6.90. The highest BCUT2D eigenvalue weighted by atomic mass is 32.1. The summed E-state index contributed by atoms with van der Waals surface area (Å²) < 4.78 is 5.75. The number of anilines is 1. The van der Waals surface area contributed by atoms with E-state index < -0.39 is 0 Å². The molecule has 1 amide bonds. The number of hydrogen-bond donors (Lipinski definition) is 0. The summed E-state index contributed by atoms with van der Waals surface area (Å²) in [6.45, 7) is 2.18. The van der Waals surface area contributed by atoms with E-state index in [1.807, 2.05) is 5.38 Å². The summed E-state index contributed by atoms with van der Waals surface area (Å²) in [6, 6.07) is 0. The van der Waals surface area contributed by atoms with Crippen LogP contribution in [0.25, 0.3) is 0 Å². The van der Waals surface area contributed by atoms with Gasteiger partial charge in [0.05, 0.1) is 12.0 Å². The van der Waals surface area contributed by atoms with Gasteiger partial charge in [-0.05, 0) is 37.5 Å². The first-order chi connectivity index (χ1) is 13.1. The molecule has 0 radical (unpaired) electrons. The van der Waals surface area contributed by atoms with Crippen molar-refractivity contribution < 1.29 is 9.32 Å². The fourth-order valence-electron chi connectivity index (χ4n) is 4.77. The van der Waals surface area contributed by atoms with Gasteiger partial charge in [-0.3, -0.25) is 14.6 Å². The van der Waals surface area contributed by atoms with E-state index in [9.17, 15) is 4.79 Å². The van der Waals surface area contributed by atoms with Crippen molar-refractivity contribution in [1.29, 1.82) is 0 Å². The standard InChI is InChI=1S/C19H25N5O2S/c1-23(18-20-7-8-27-18)16(25)11-24-10-14-3-2-6-19(14,12-24)17-21-15(22-26-17)9-13-4-5-13/h7-8,13-14H,2-6,9-12H2,1H3/t14-,19-/m1/s1. The number of likely N-dealkylation sites (N-methyl/N-ethyl adjacent to an activating group) is 1. The lowest BCUT2D eigenvalue weighted by Gasteiger charge is -2.24. The van der Waals surface area contributed by atoms with Crippen molar-refractivity contribution in [1.82, 2.24) is 20.0 Å². The van der Waals surface area contributed by atoms with Crippen LogP contribution >= 0.6 is 11.3 Å². The summed E-state index contributed by atoms with van der Waals surface area (Å²) in [7, 11) is 1.80. The highest BCUT2D eigenvalue weighted by Crippen LogP contribution is 2.50. The van der Waals surface area contributed by atoms with Crippen LogP contribution in [0.3, 0.4) is 0 Å². The Balaban J connectivity index is 1.29. The monoisotopic (exact) mass is 387 g/mol. The number of fused-ring (bicyclic) bond motifs is 1. The molecular formula is C19H25N5O2S. The van der Waals surface area contributed by atoms with Gasteiger partial charge in [0.15, 0.2) is 11.0 Å². The van der Waals surface area contributed by atoms with E-state index in [-0.39, 0.29) is 11.3 Å². The molecule has 0 unspecified atom stereocenters. The van der Waals surface area contributed by atoms with Gasteiger partial charge in [0, 0.05) is 38.1 Å². The van der Waals surface area contributed by atoms with Crippen LogP contribution in [0.5, 0.6) is 0 Å². The fourth-order valence-corrected chi connectivity index (χ4v) is 5.39. The molecule has 2 atom stereocenters. The molecule has 5 rings (SSSR count). The number of nitrogens with zero attached hydrogens (tertiary/aromatic N) is 5. The van der Waals surface area contributed by atoms with E-state index in [1.165, 1.54) is 37.0 Å². The number of likely N-dealkylation sites (tertiary alicyclic amines) is 1. The molecule has 3 fully saturated rings. The Bertz CT molecular complexity index is 818. The van der Waals surface area contributed by atoms with Crippen molar-refractivity contribution >= 4 is 22.4 Å². The fraction of sp³-hybridized carbons (Fsp3) is 0.684. The third-order valence-corrected chi connectivity index (χ3v) is 7.29. The van der Waals surface area contributed by atoms with E-state index in [1.54, 1.807) is 18.1 Å². The molecule has 8 heteroatoms. The minimum atomic E-state index is -0.0607. The van der Waals surface area contributed by atoms with Crippen molar-refractivity contribution in [3.05, 3.63) is 23.3 Å². The molecular weight excluding hydrogens is 362 g/mol. The molecule has 0 aromatic carbocycles. The Morgan fingerprint density at radius 2 is 2.33 bits per heavy atom. The second-order valence-corrected chi connectivity index (χ2v) is 9.22. The lowest BCUT2D eigenvalue weighted by Crippen LogP contribution is -2.39. The largest absolute Gasteiger partial charge is 0.339 e. The number of rotatable bonds is 6. The predicted octanol–water partition coefficient (Wildman–Crippen LogP) is 2.50. The molecule has 7 nitrogen and oxygen atoms in total. The second kappa shape index (κ2) is 6.67. The van der Waals surface area contributed by atoms with E-state index >= 15 is 0 Å². The van der Waals surface area contributed by atoms with Crippen LogP contribution in [0.2, 0.25) is 0 Å². The van der Waals surface area contributed by atoms with Gasteiger partial charge in [0.2, 0.25) is 11.8 Å². The molecule has 0 spiro atoms. The molecule has 0 N–H and O–H groups in total. The van der Waals surface area contributed by atoms with Crippen molar-refractivity contribution in [2.75, 3.05) is 31.6 Å². The van der Waals surface area contributed by atoms with Crippen LogP contribution in [0.1, 0.15) is 43.8 Å². The zero-order valence-electron chi connectivity index (χ0n) is 15.6. The third kappa shape index (κ3) is 3.18. The number of amides is 1. The van der Waals surface area contributed by atoms with Gasteiger partial charge in [-0.2, -0.15) is 4.98 Å². The van der Waals surface area contributed by atoms with E-state index in [0.717, 1.165) is 48.7 Å². The number of hydrogen-bond acceptors (Lipinski definition) is 7. The van der Waals surface area contributed by atoms with Crippen molar-refractivity contribution in [2.24, 2.45) is 11.8 Å². The predicted molar refractivity (Wildman–Crippen MR) is 102 cm³/mol. The number of carbonyl (C=O) groups excluding carboxylic acids is 1. The SMILES string of the molecule is CN(C(=O)CN1C[C@H]2CCC[C@@]2(c2nc(CC3CC3)no2)C1)c1nccs1. The van der Waals surface area contributed by atoms with E-state index in [0.29, 0.717) is 12.5 Å². The summed E-state index contributed by atoms with van der Waals surface area (Å²) in [6.07, 6.45) is 8.72. The topological polar surface area (TPSA) is 75.4 Å². The summed E-state index contributed by atoms with van der Waals surface area (Å²) in [4.78, 5) is 25.6. The molecule has 1 saturated heterocycles. The van der Waals surface area contributed by atoms with Crippen molar-refractivity contribution in [3.63, 3.8) is 0 Å². The molecule has 0 bridgehead atoms. The average Bonchev–Trinajstić information content (AvgIpc) is 3.09. The van der Waals surface area contributed by atoms with Crippen LogP contribution in [-0.2, 0) is 16.6 Å². The quantitative estimate of drug-likeness (QED) is 0.758. The summed E-state index contributed by atoms with van der Waals surface area (Å²) in [5.41, 5.74) is -0.0607. The van der Waals surface area contributed by atoms with Gasteiger partial charge in [0.25, 0.3) is 0 Å². The molecule has 2 aliphatic carbocycles. The maximum Gasteiger partial charge on any atom is 0.242 e. The first-order valence-electron chi connectivity index (χ1n) is 9.85. The van der Waals surface area contributed by atoms with Crippen LogP contribution in [0, 0.1) is 11.8 Å². The van der Waals surface area contributed by atoms with Crippen LogP contribution in [0.15, 0.2) is 16.1 Å². The maximum absolute atomic E-state index is 12.7. The lowest BCUT2D eigenvalue weighted by atomic mass is 9.80. The van der Waals surface area contributed by atoms with Crippen LogP contribution < -0.4 is 4.90 Å².